The van der Waals surface area contributed by atoms with Crippen LogP contribution >= 0.6 is 0 Å². The van der Waals surface area contributed by atoms with Crippen LogP contribution in [0.5, 0.6) is 0 Å². The highest BCUT2D eigenvalue weighted by Gasteiger charge is 2.45. The van der Waals surface area contributed by atoms with Crippen molar-refractivity contribution < 1.29 is 18.7 Å². The van der Waals surface area contributed by atoms with E-state index in [2.05, 4.69) is 38.0 Å². The highest BCUT2D eigenvalue weighted by Crippen LogP contribution is 2.45. The summed E-state index contributed by atoms with van der Waals surface area (Å²) < 4.78 is 29.1. The molecule has 194 valence electrons. The zero-order valence-electron chi connectivity index (χ0n) is 20.9. The van der Waals surface area contributed by atoms with Crippen molar-refractivity contribution in [3.63, 3.8) is 0 Å². The maximum absolute atomic E-state index is 14.5. The summed E-state index contributed by atoms with van der Waals surface area (Å²) in [6, 6.07) is 5.14. The number of aliphatic hydroxyl groups is 1. The monoisotopic (exact) mass is 515 g/mol. The lowest BCUT2D eigenvalue weighted by atomic mass is 9.64. The highest BCUT2D eigenvalue weighted by atomic mass is 19.1. The van der Waals surface area contributed by atoms with Gasteiger partial charge in [0, 0.05) is 6.04 Å². The first-order valence-corrected chi connectivity index (χ1v) is 12.5. The van der Waals surface area contributed by atoms with Crippen LogP contribution in [0.4, 0.5) is 8.78 Å². The molecule has 1 amide bonds. The number of aliphatic hydroxyl groups excluding tert-OH is 1. The first-order valence-electron chi connectivity index (χ1n) is 12.5. The molecule has 2 heterocycles. The van der Waals surface area contributed by atoms with Gasteiger partial charge in [0.2, 0.25) is 0 Å². The number of fused-ring (bicyclic) bond motifs is 1. The molecule has 1 saturated carbocycles. The summed E-state index contributed by atoms with van der Waals surface area (Å²) in [4.78, 5) is 21.7. The maximum Gasteiger partial charge on any atom is 0.271 e. The number of terminal acetylenes is 1. The Morgan fingerprint density at radius 3 is 2.68 bits per heavy atom. The molecule has 5 rings (SSSR count). The molecule has 2 aromatic heterocycles. The van der Waals surface area contributed by atoms with E-state index in [0.717, 1.165) is 0 Å². The summed E-state index contributed by atoms with van der Waals surface area (Å²) >= 11 is 0. The van der Waals surface area contributed by atoms with Crippen LogP contribution < -0.4 is 5.32 Å². The normalized spacial score (nSPS) is 24.9. The largest absolute Gasteiger partial charge is 0.393 e. The van der Waals surface area contributed by atoms with Gasteiger partial charge in [-0.1, -0.05) is 25.0 Å². The molecule has 7 nitrogen and oxygen atoms in total. The minimum absolute atomic E-state index is 0.00862. The van der Waals surface area contributed by atoms with Gasteiger partial charge in [-0.15, -0.1) is 18.1 Å². The van der Waals surface area contributed by atoms with Gasteiger partial charge in [-0.3, -0.25) is 9.78 Å². The number of hydrogen-bond donors (Lipinski definition) is 2. The molecule has 1 unspecified atom stereocenters. The van der Waals surface area contributed by atoms with Crippen LogP contribution in [-0.2, 0) is 11.8 Å². The van der Waals surface area contributed by atoms with Gasteiger partial charge >= 0.3 is 0 Å². The van der Waals surface area contributed by atoms with Crippen molar-refractivity contribution in [3.8, 4) is 23.6 Å². The van der Waals surface area contributed by atoms with Crippen molar-refractivity contribution >= 4 is 5.91 Å². The summed E-state index contributed by atoms with van der Waals surface area (Å²) in [5.41, 5.74) is 0.235. The molecule has 1 aromatic carbocycles. The van der Waals surface area contributed by atoms with E-state index in [1.807, 2.05) is 13.0 Å². The third kappa shape index (κ3) is 4.45. The van der Waals surface area contributed by atoms with E-state index in [1.165, 1.54) is 30.6 Å². The number of benzene rings is 1. The molecule has 38 heavy (non-hydrogen) atoms. The van der Waals surface area contributed by atoms with Gasteiger partial charge in [-0.2, -0.15) is 5.10 Å². The van der Waals surface area contributed by atoms with Gasteiger partial charge in [0.25, 0.3) is 5.91 Å². The molecule has 2 aliphatic rings. The number of carbonyl (C=O) groups excluding carboxylic acids is 1. The quantitative estimate of drug-likeness (QED) is 0.383. The number of hydrogen-bond acceptors (Lipinski definition) is 6. The zero-order valence-corrected chi connectivity index (χ0v) is 20.9. The Morgan fingerprint density at radius 1 is 1.29 bits per heavy atom. The van der Waals surface area contributed by atoms with Gasteiger partial charge in [0.15, 0.2) is 0 Å². The molecule has 2 aliphatic carbocycles. The Labute approximate surface area is 219 Å². The Bertz CT molecular complexity index is 1430. The maximum atomic E-state index is 14.5. The Morgan fingerprint density at radius 2 is 2.03 bits per heavy atom. The fourth-order valence-corrected chi connectivity index (χ4v) is 5.29. The highest BCUT2D eigenvalue weighted by molar-refractivity contribution is 5.92. The number of amides is 1. The molecule has 3 atom stereocenters. The zero-order chi connectivity index (χ0) is 27.0. The lowest BCUT2D eigenvalue weighted by Crippen LogP contribution is -2.47. The van der Waals surface area contributed by atoms with E-state index >= 15 is 0 Å². The van der Waals surface area contributed by atoms with Gasteiger partial charge in [-0.05, 0) is 61.3 Å². The van der Waals surface area contributed by atoms with Crippen molar-refractivity contribution in [2.45, 2.75) is 50.2 Å². The average molecular weight is 516 g/mol. The van der Waals surface area contributed by atoms with Crippen LogP contribution in [0, 0.1) is 35.8 Å². The Balaban J connectivity index is 1.60. The number of nitrogens with one attached hydrogen (secondary N) is 1. The van der Waals surface area contributed by atoms with E-state index < -0.39 is 29.1 Å². The third-order valence-electron chi connectivity index (χ3n) is 7.66. The fraction of sp³-hybridized carbons (Fsp3) is 0.345. The lowest BCUT2D eigenvalue weighted by Gasteiger charge is -2.39. The van der Waals surface area contributed by atoms with Gasteiger partial charge in [0.05, 0.1) is 41.1 Å². The van der Waals surface area contributed by atoms with Crippen LogP contribution in [0.1, 0.15) is 53.6 Å². The number of aromatic nitrogens is 4. The van der Waals surface area contributed by atoms with Crippen molar-refractivity contribution in [1.82, 2.24) is 25.5 Å². The molecule has 0 radical (unpaired) electrons. The van der Waals surface area contributed by atoms with Gasteiger partial charge < -0.3 is 10.4 Å². The van der Waals surface area contributed by atoms with Crippen LogP contribution in [0.2, 0.25) is 0 Å². The van der Waals surface area contributed by atoms with Crippen LogP contribution in [0.25, 0.3) is 11.3 Å². The van der Waals surface area contributed by atoms with E-state index in [9.17, 15) is 18.7 Å². The van der Waals surface area contributed by atoms with E-state index in [0.29, 0.717) is 42.6 Å². The first kappa shape index (κ1) is 25.6. The summed E-state index contributed by atoms with van der Waals surface area (Å²) in [5, 5.41) is 20.9. The number of allylic oxidation sites excluding steroid dienone is 1. The minimum atomic E-state index is -1.18. The standard InChI is InChI=1S/C29H27F2N5O2/c1-4-16(3)18-9-17-10-23(26-21(30)7-6-8-22(26)31)35-36-27(17)29(5-2,13-18)25-15-32-14-24(34-25)28(38)33-19-11-20(37)12-19/h2,4,6-8,10,14-16,18-20,37H,1,9,11-13H2,3H3,(H,33,38)/t16?,18-,19?,20?,29+/m0/s1. The van der Waals surface area contributed by atoms with Crippen molar-refractivity contribution in [3.05, 3.63) is 83.6 Å². The Kier molecular flexibility index (Phi) is 6.76. The second kappa shape index (κ2) is 10.0. The van der Waals surface area contributed by atoms with Crippen molar-refractivity contribution in [1.29, 1.82) is 0 Å². The van der Waals surface area contributed by atoms with Gasteiger partial charge in [-0.25, -0.2) is 13.8 Å². The molecule has 0 aliphatic heterocycles. The third-order valence-corrected chi connectivity index (χ3v) is 7.66. The fourth-order valence-electron chi connectivity index (χ4n) is 5.29. The van der Waals surface area contributed by atoms with Crippen molar-refractivity contribution in [2.24, 2.45) is 11.8 Å². The predicted octanol–water partition coefficient (Wildman–Crippen LogP) is 3.77. The second-order valence-corrected chi connectivity index (χ2v) is 10.1. The topological polar surface area (TPSA) is 101 Å². The molecular formula is C29H27F2N5O2. The van der Waals surface area contributed by atoms with E-state index in [1.54, 1.807) is 6.07 Å². The number of rotatable bonds is 6. The molecule has 1 fully saturated rings. The van der Waals surface area contributed by atoms with Crippen LogP contribution in [-0.4, -0.2) is 43.3 Å². The van der Waals surface area contributed by atoms with E-state index in [4.69, 9.17) is 6.42 Å². The average Bonchev–Trinajstić information content (AvgIpc) is 2.90. The molecule has 3 aromatic rings. The van der Waals surface area contributed by atoms with Crippen molar-refractivity contribution in [2.75, 3.05) is 0 Å². The molecule has 0 bridgehead atoms. The number of halogens is 2. The minimum Gasteiger partial charge on any atom is -0.393 e. The summed E-state index contributed by atoms with van der Waals surface area (Å²) in [7, 11) is 0. The summed E-state index contributed by atoms with van der Waals surface area (Å²) in [5.74, 6) is 1.04. The number of nitrogens with zero attached hydrogens (tertiary/aromatic N) is 4. The molecule has 9 heteroatoms. The smallest absolute Gasteiger partial charge is 0.271 e. The molecule has 2 N–H and O–H groups in total. The SMILES string of the molecule is C#C[C@]1(c2cncc(C(=O)NC3CC(O)C3)n2)C[C@@H](C(C)C=C)Cc2cc(-c3c(F)cccc3F)nnc21. The van der Waals surface area contributed by atoms with E-state index in [-0.39, 0.29) is 34.8 Å². The molecular weight excluding hydrogens is 488 g/mol. The second-order valence-electron chi connectivity index (χ2n) is 10.1. The predicted molar refractivity (Wildman–Crippen MR) is 137 cm³/mol. The molecule has 0 saturated heterocycles. The number of carbonyl (C=O) groups is 1. The lowest BCUT2D eigenvalue weighted by molar-refractivity contribution is 0.0560. The van der Waals surface area contributed by atoms with Gasteiger partial charge in [0.1, 0.15) is 22.7 Å². The Hall–Kier alpha value is -4.03. The summed E-state index contributed by atoms with van der Waals surface area (Å²) in [6.07, 6.45) is 12.4. The summed E-state index contributed by atoms with van der Waals surface area (Å²) in [6.45, 7) is 5.96. The molecule has 0 spiro atoms. The first-order chi connectivity index (χ1) is 18.3. The van der Waals surface area contributed by atoms with Crippen LogP contribution in [0.15, 0.2) is 49.3 Å². The van der Waals surface area contributed by atoms with Crippen LogP contribution in [0.3, 0.4) is 0 Å².